The van der Waals surface area contributed by atoms with Crippen molar-refractivity contribution in [2.24, 2.45) is 5.92 Å². The molecule has 1 aliphatic carbocycles. The first-order valence-corrected chi connectivity index (χ1v) is 12.7. The minimum Gasteiger partial charge on any atom is -0.480 e. The van der Waals surface area contributed by atoms with Crippen LogP contribution in [-0.4, -0.2) is 95.9 Å². The Labute approximate surface area is 194 Å². The van der Waals surface area contributed by atoms with Crippen molar-refractivity contribution in [3.63, 3.8) is 0 Å². The highest BCUT2D eigenvalue weighted by atomic mass is 35.5. The molecule has 0 bridgehead atoms. The van der Waals surface area contributed by atoms with Crippen LogP contribution in [0, 0.1) is 5.92 Å². The summed E-state index contributed by atoms with van der Waals surface area (Å²) in [5.74, 6) is -3.62. The summed E-state index contributed by atoms with van der Waals surface area (Å²) < 4.78 is 47.9. The predicted octanol–water partition coefficient (Wildman–Crippen LogP) is -0.0926. The number of alkyl halides is 4. The lowest BCUT2D eigenvalue weighted by Crippen LogP contribution is -2.70. The molecule has 0 spiro atoms. The van der Waals surface area contributed by atoms with Crippen LogP contribution in [0.3, 0.4) is 0 Å². The third-order valence-electron chi connectivity index (χ3n) is 4.85. The molecule has 1 aliphatic heterocycles. The van der Waals surface area contributed by atoms with Crippen molar-refractivity contribution in [3.8, 4) is 0 Å². The normalized spacial score (nSPS) is 30.1. The first-order valence-electron chi connectivity index (χ1n) is 8.30. The van der Waals surface area contributed by atoms with Gasteiger partial charge in [0.15, 0.2) is 4.33 Å². The maximum Gasteiger partial charge on any atom is 0.318 e. The lowest BCUT2D eigenvalue weighted by molar-refractivity contribution is -0.135. The van der Waals surface area contributed by atoms with E-state index in [1.807, 2.05) is 4.90 Å². The molecule has 1 saturated heterocycles. The summed E-state index contributed by atoms with van der Waals surface area (Å²) in [5, 5.41) is 8.87. The summed E-state index contributed by atoms with van der Waals surface area (Å²) in [6.45, 7) is -0.818. The number of carbonyl (C=O) groups excluding carboxylic acids is 1. The van der Waals surface area contributed by atoms with E-state index in [9.17, 15) is 26.4 Å². The molecular formula is C14H18Cl4N3O7S2. The van der Waals surface area contributed by atoms with Crippen LogP contribution in [-0.2, 0) is 29.6 Å². The highest BCUT2D eigenvalue weighted by molar-refractivity contribution is 8.09. The van der Waals surface area contributed by atoms with Gasteiger partial charge in [0.1, 0.15) is 10.9 Å². The van der Waals surface area contributed by atoms with Crippen molar-refractivity contribution in [3.05, 3.63) is 12.2 Å². The summed E-state index contributed by atoms with van der Waals surface area (Å²) in [7, 11) is -8.40. The van der Waals surface area contributed by atoms with Gasteiger partial charge in [0.2, 0.25) is 26.3 Å². The van der Waals surface area contributed by atoms with E-state index < -0.39 is 51.2 Å². The second-order valence-electron chi connectivity index (χ2n) is 6.77. The van der Waals surface area contributed by atoms with Crippen LogP contribution in [0.4, 0.5) is 0 Å². The SMILES string of the molecule is CN1CCN(S(=O)(=O)C2(S(=O)(=O)NCC(=O)O)C=CC(Cl)(Cl)C([C]=O)C2(Cl)Cl)CC1. The number of aliphatic carboxylic acids is 1. The number of halogens is 4. The summed E-state index contributed by atoms with van der Waals surface area (Å²) in [6, 6.07) is 0. The van der Waals surface area contributed by atoms with E-state index in [1.165, 1.54) is 6.29 Å². The molecule has 0 aromatic carbocycles. The van der Waals surface area contributed by atoms with Crippen LogP contribution in [0.15, 0.2) is 12.2 Å². The summed E-state index contributed by atoms with van der Waals surface area (Å²) in [5.41, 5.74) is 0. The number of carboxylic acid groups (broad SMARTS) is 1. The fourth-order valence-electron chi connectivity index (χ4n) is 3.17. The van der Waals surface area contributed by atoms with Crippen molar-refractivity contribution < 1.29 is 31.5 Å². The monoisotopic (exact) mass is 544 g/mol. The third kappa shape index (κ3) is 4.11. The van der Waals surface area contributed by atoms with E-state index >= 15 is 0 Å². The predicted molar refractivity (Wildman–Crippen MR) is 112 cm³/mol. The Morgan fingerprint density at radius 3 is 2.13 bits per heavy atom. The zero-order valence-corrected chi connectivity index (χ0v) is 20.0. The molecule has 2 rings (SSSR count). The second kappa shape index (κ2) is 8.64. The minimum atomic E-state index is -5.18. The largest absolute Gasteiger partial charge is 0.480 e. The van der Waals surface area contributed by atoms with Gasteiger partial charge in [-0.25, -0.2) is 21.6 Å². The number of hydrogen-bond donors (Lipinski definition) is 2. The molecule has 10 nitrogen and oxygen atoms in total. The molecule has 1 heterocycles. The Bertz CT molecular complexity index is 947. The highest BCUT2D eigenvalue weighted by Gasteiger charge is 2.74. The molecule has 0 aromatic rings. The lowest BCUT2D eigenvalue weighted by Gasteiger charge is -2.49. The topological polar surface area (TPSA) is 141 Å². The smallest absolute Gasteiger partial charge is 0.318 e. The van der Waals surface area contributed by atoms with Crippen LogP contribution >= 0.6 is 46.4 Å². The van der Waals surface area contributed by atoms with Gasteiger partial charge in [0.25, 0.3) is 4.08 Å². The van der Waals surface area contributed by atoms with Crippen LogP contribution < -0.4 is 4.72 Å². The average Bonchev–Trinajstić information content (AvgIpc) is 2.59. The third-order valence-corrected chi connectivity index (χ3v) is 12.4. The molecular weight excluding hydrogens is 528 g/mol. The molecule has 171 valence electrons. The summed E-state index contributed by atoms with van der Waals surface area (Å²) >= 11 is 24.6. The van der Waals surface area contributed by atoms with Gasteiger partial charge in [-0.05, 0) is 19.2 Å². The Kier molecular flexibility index (Phi) is 7.51. The molecule has 1 radical (unpaired) electrons. The molecule has 2 atom stereocenters. The zero-order chi connectivity index (χ0) is 23.2. The fraction of sp³-hybridized carbons (Fsp3) is 0.714. The molecule has 16 heteroatoms. The maximum atomic E-state index is 13.7. The number of carboxylic acids is 1. The van der Waals surface area contributed by atoms with Crippen molar-refractivity contribution in [2.45, 2.75) is 12.7 Å². The number of piperazine rings is 1. The van der Waals surface area contributed by atoms with E-state index in [-0.39, 0.29) is 26.2 Å². The van der Waals surface area contributed by atoms with E-state index in [4.69, 9.17) is 51.5 Å². The summed E-state index contributed by atoms with van der Waals surface area (Å²) in [4.78, 5) is 24.3. The molecule has 1 fully saturated rings. The summed E-state index contributed by atoms with van der Waals surface area (Å²) in [6.07, 6.45) is 2.68. The van der Waals surface area contributed by atoms with E-state index in [0.29, 0.717) is 6.08 Å². The number of nitrogens with one attached hydrogen (secondary N) is 1. The van der Waals surface area contributed by atoms with E-state index in [2.05, 4.69) is 0 Å². The van der Waals surface area contributed by atoms with Crippen LogP contribution in [0.1, 0.15) is 0 Å². The molecule has 0 amide bonds. The molecule has 2 N–H and O–H groups in total. The first-order chi connectivity index (χ1) is 13.6. The van der Waals surface area contributed by atoms with Crippen molar-refractivity contribution in [1.82, 2.24) is 13.9 Å². The quantitative estimate of drug-likeness (QED) is 0.334. The van der Waals surface area contributed by atoms with Gasteiger partial charge in [-0.3, -0.25) is 9.59 Å². The zero-order valence-electron chi connectivity index (χ0n) is 15.4. The molecule has 30 heavy (non-hydrogen) atoms. The van der Waals surface area contributed by atoms with Crippen LogP contribution in [0.5, 0.6) is 0 Å². The van der Waals surface area contributed by atoms with Gasteiger partial charge in [-0.15, -0.1) is 0 Å². The number of allylic oxidation sites excluding steroid dienone is 1. The number of rotatable bonds is 7. The number of nitrogens with zero attached hydrogens (tertiary/aromatic N) is 2. The van der Waals surface area contributed by atoms with Gasteiger partial charge < -0.3 is 10.0 Å². The molecule has 0 aromatic heterocycles. The van der Waals surface area contributed by atoms with Crippen molar-refractivity contribution in [2.75, 3.05) is 39.8 Å². The minimum absolute atomic E-state index is 0.102. The number of sulfonamides is 2. The van der Waals surface area contributed by atoms with E-state index in [1.54, 1.807) is 11.8 Å². The van der Waals surface area contributed by atoms with Crippen molar-refractivity contribution >= 4 is 78.7 Å². The lowest BCUT2D eigenvalue weighted by atomic mass is 9.92. The Balaban J connectivity index is 2.80. The number of carbonyl (C=O) groups is 1. The Morgan fingerprint density at radius 1 is 1.13 bits per heavy atom. The van der Waals surface area contributed by atoms with Gasteiger partial charge >= 0.3 is 5.97 Å². The Morgan fingerprint density at radius 2 is 1.67 bits per heavy atom. The van der Waals surface area contributed by atoms with Gasteiger partial charge in [-0.1, -0.05) is 46.4 Å². The first kappa shape index (κ1) is 26.1. The van der Waals surface area contributed by atoms with Gasteiger partial charge in [-0.2, -0.15) is 4.31 Å². The standard InChI is InChI=1S/C14H18Cl4N3O7S2/c1-20-4-6-21(7-5-20)30(27,28)13(29(25,26)19-8-11(23)24)3-2-12(15,16)10(9-22)14(13,17)18/h2-3,10,19H,4-8H2,1H3,(H,23,24). The van der Waals surface area contributed by atoms with Gasteiger partial charge in [0, 0.05) is 26.2 Å². The van der Waals surface area contributed by atoms with E-state index in [0.717, 1.165) is 10.4 Å². The fourth-order valence-corrected chi connectivity index (χ4v) is 10.3. The number of likely N-dealkylation sites (N-methyl/N-ethyl adjacent to an activating group) is 1. The van der Waals surface area contributed by atoms with Crippen LogP contribution in [0.2, 0.25) is 0 Å². The van der Waals surface area contributed by atoms with Gasteiger partial charge in [0.05, 0.1) is 5.92 Å². The van der Waals surface area contributed by atoms with Crippen LogP contribution in [0.25, 0.3) is 0 Å². The Hall–Kier alpha value is -0.180. The highest BCUT2D eigenvalue weighted by Crippen LogP contribution is 2.58. The molecule has 0 saturated carbocycles. The molecule has 2 unspecified atom stereocenters. The molecule has 2 aliphatic rings. The maximum absolute atomic E-state index is 13.7. The van der Waals surface area contributed by atoms with Crippen molar-refractivity contribution in [1.29, 1.82) is 0 Å². The number of hydrogen-bond acceptors (Lipinski definition) is 7. The average molecular weight is 546 g/mol. The second-order valence-corrected chi connectivity index (χ2v) is 13.9.